The van der Waals surface area contributed by atoms with Gasteiger partial charge in [-0.3, -0.25) is 0 Å². The summed E-state index contributed by atoms with van der Waals surface area (Å²) in [5.41, 5.74) is 0. The molecule has 98 valence electrons. The second kappa shape index (κ2) is 9.22. The van der Waals surface area contributed by atoms with Gasteiger partial charge in [0.05, 0.1) is 12.9 Å². The van der Waals surface area contributed by atoms with Crippen molar-refractivity contribution in [1.82, 2.24) is 5.32 Å². The SMILES string of the molecule is COCCCOCCNC(C)Cc1ccco1. The Labute approximate surface area is 103 Å². The van der Waals surface area contributed by atoms with Gasteiger partial charge in [-0.25, -0.2) is 0 Å². The van der Waals surface area contributed by atoms with Crippen molar-refractivity contribution in [3.8, 4) is 0 Å². The molecule has 1 N–H and O–H groups in total. The van der Waals surface area contributed by atoms with Crippen molar-refractivity contribution in [2.24, 2.45) is 0 Å². The molecule has 0 aromatic carbocycles. The van der Waals surface area contributed by atoms with Crippen LogP contribution in [0.15, 0.2) is 22.8 Å². The highest BCUT2D eigenvalue weighted by atomic mass is 16.5. The topological polar surface area (TPSA) is 43.6 Å². The van der Waals surface area contributed by atoms with Crippen molar-refractivity contribution in [1.29, 1.82) is 0 Å². The molecule has 0 fully saturated rings. The third kappa shape index (κ3) is 7.15. The summed E-state index contributed by atoms with van der Waals surface area (Å²) in [5.74, 6) is 1.02. The number of nitrogens with one attached hydrogen (secondary N) is 1. The van der Waals surface area contributed by atoms with E-state index >= 15 is 0 Å². The molecular weight excluding hydrogens is 218 g/mol. The number of methoxy groups -OCH3 is 1. The molecule has 1 rings (SSSR count). The van der Waals surface area contributed by atoms with Crippen molar-refractivity contribution in [3.05, 3.63) is 24.2 Å². The lowest BCUT2D eigenvalue weighted by Gasteiger charge is -2.12. The summed E-state index contributed by atoms with van der Waals surface area (Å²) >= 11 is 0. The molecule has 0 spiro atoms. The van der Waals surface area contributed by atoms with Crippen LogP contribution in [-0.2, 0) is 15.9 Å². The van der Waals surface area contributed by atoms with E-state index in [1.165, 1.54) is 0 Å². The third-order valence-corrected chi connectivity index (χ3v) is 2.46. The van der Waals surface area contributed by atoms with E-state index in [-0.39, 0.29) is 0 Å². The molecule has 0 bridgehead atoms. The van der Waals surface area contributed by atoms with Crippen LogP contribution < -0.4 is 5.32 Å². The van der Waals surface area contributed by atoms with Crippen LogP contribution in [0.1, 0.15) is 19.1 Å². The van der Waals surface area contributed by atoms with Crippen LogP contribution in [0.4, 0.5) is 0 Å². The highest BCUT2D eigenvalue weighted by Crippen LogP contribution is 2.03. The van der Waals surface area contributed by atoms with Gasteiger partial charge in [-0.2, -0.15) is 0 Å². The number of hydrogen-bond acceptors (Lipinski definition) is 4. The normalized spacial score (nSPS) is 12.8. The lowest BCUT2D eigenvalue weighted by molar-refractivity contribution is 0.103. The number of furan rings is 1. The number of ether oxygens (including phenoxy) is 2. The quantitative estimate of drug-likeness (QED) is 0.635. The largest absolute Gasteiger partial charge is 0.469 e. The molecule has 1 atom stereocenters. The fraction of sp³-hybridized carbons (Fsp3) is 0.692. The van der Waals surface area contributed by atoms with E-state index in [4.69, 9.17) is 13.9 Å². The van der Waals surface area contributed by atoms with E-state index in [0.717, 1.165) is 45.0 Å². The molecule has 4 heteroatoms. The zero-order valence-corrected chi connectivity index (χ0v) is 10.8. The molecule has 17 heavy (non-hydrogen) atoms. The monoisotopic (exact) mass is 241 g/mol. The lowest BCUT2D eigenvalue weighted by atomic mass is 10.2. The fourth-order valence-corrected chi connectivity index (χ4v) is 1.59. The molecule has 1 unspecified atom stereocenters. The van der Waals surface area contributed by atoms with Gasteiger partial charge in [0.2, 0.25) is 0 Å². The molecule has 1 aromatic heterocycles. The van der Waals surface area contributed by atoms with Crippen LogP contribution >= 0.6 is 0 Å². The van der Waals surface area contributed by atoms with Gasteiger partial charge in [-0.1, -0.05) is 0 Å². The van der Waals surface area contributed by atoms with E-state index in [0.29, 0.717) is 6.04 Å². The summed E-state index contributed by atoms with van der Waals surface area (Å²) in [5, 5.41) is 3.40. The Balaban J connectivity index is 1.92. The number of hydrogen-bond donors (Lipinski definition) is 1. The van der Waals surface area contributed by atoms with Crippen molar-refractivity contribution in [2.45, 2.75) is 25.8 Å². The van der Waals surface area contributed by atoms with Gasteiger partial charge in [-0.05, 0) is 25.5 Å². The smallest absolute Gasteiger partial charge is 0.105 e. The molecule has 1 heterocycles. The van der Waals surface area contributed by atoms with Gasteiger partial charge in [0.1, 0.15) is 5.76 Å². The second-order valence-electron chi connectivity index (χ2n) is 4.10. The van der Waals surface area contributed by atoms with Gasteiger partial charge < -0.3 is 19.2 Å². The summed E-state index contributed by atoms with van der Waals surface area (Å²) in [4.78, 5) is 0. The molecule has 4 nitrogen and oxygen atoms in total. The molecule has 0 saturated carbocycles. The van der Waals surface area contributed by atoms with Crippen molar-refractivity contribution >= 4 is 0 Å². The molecule has 0 radical (unpaired) electrons. The van der Waals surface area contributed by atoms with Crippen LogP contribution in [0.5, 0.6) is 0 Å². The Kier molecular flexibility index (Phi) is 7.71. The van der Waals surface area contributed by atoms with Crippen LogP contribution in [0, 0.1) is 0 Å². The van der Waals surface area contributed by atoms with Gasteiger partial charge in [-0.15, -0.1) is 0 Å². The van der Waals surface area contributed by atoms with Gasteiger partial charge in [0.25, 0.3) is 0 Å². The van der Waals surface area contributed by atoms with E-state index in [2.05, 4.69) is 12.2 Å². The standard InChI is InChI=1S/C13H23NO3/c1-12(11-13-5-3-9-17-13)14-6-10-16-8-4-7-15-2/h3,5,9,12,14H,4,6-8,10-11H2,1-2H3. The molecule has 0 aliphatic heterocycles. The highest BCUT2D eigenvalue weighted by Gasteiger charge is 2.04. The Morgan fingerprint density at radius 1 is 1.35 bits per heavy atom. The predicted molar refractivity (Wildman–Crippen MR) is 67.2 cm³/mol. The predicted octanol–water partition coefficient (Wildman–Crippen LogP) is 1.85. The fourth-order valence-electron chi connectivity index (χ4n) is 1.59. The summed E-state index contributed by atoms with van der Waals surface area (Å²) in [6.45, 7) is 5.29. The third-order valence-electron chi connectivity index (χ3n) is 2.46. The first kappa shape index (κ1) is 14.2. The van der Waals surface area contributed by atoms with E-state index < -0.39 is 0 Å². The van der Waals surface area contributed by atoms with Crippen LogP contribution in [0.3, 0.4) is 0 Å². The first-order valence-corrected chi connectivity index (χ1v) is 6.15. The van der Waals surface area contributed by atoms with Gasteiger partial charge in [0.15, 0.2) is 0 Å². The molecular formula is C13H23NO3. The maximum atomic E-state index is 5.46. The average molecular weight is 241 g/mol. The maximum absolute atomic E-state index is 5.46. The zero-order valence-electron chi connectivity index (χ0n) is 10.8. The van der Waals surface area contributed by atoms with E-state index in [1.807, 2.05) is 12.1 Å². The highest BCUT2D eigenvalue weighted by molar-refractivity contribution is 4.99. The van der Waals surface area contributed by atoms with Crippen molar-refractivity contribution in [2.75, 3.05) is 33.5 Å². The molecule has 0 amide bonds. The second-order valence-corrected chi connectivity index (χ2v) is 4.10. The maximum Gasteiger partial charge on any atom is 0.105 e. The van der Waals surface area contributed by atoms with E-state index in [1.54, 1.807) is 13.4 Å². The van der Waals surface area contributed by atoms with Crippen LogP contribution in [0.25, 0.3) is 0 Å². The Morgan fingerprint density at radius 3 is 2.94 bits per heavy atom. The van der Waals surface area contributed by atoms with Crippen LogP contribution in [0.2, 0.25) is 0 Å². The molecule has 1 aromatic rings. The Bertz CT molecular complexity index is 262. The summed E-state index contributed by atoms with van der Waals surface area (Å²) < 4.78 is 15.7. The first-order valence-electron chi connectivity index (χ1n) is 6.15. The van der Waals surface area contributed by atoms with Crippen LogP contribution in [-0.4, -0.2) is 39.5 Å². The van der Waals surface area contributed by atoms with Crippen molar-refractivity contribution < 1.29 is 13.9 Å². The van der Waals surface area contributed by atoms with Crippen molar-refractivity contribution in [3.63, 3.8) is 0 Å². The zero-order chi connectivity index (χ0) is 12.3. The Morgan fingerprint density at radius 2 is 2.24 bits per heavy atom. The first-order chi connectivity index (χ1) is 8.33. The minimum atomic E-state index is 0.406. The Hall–Kier alpha value is -0.840. The minimum Gasteiger partial charge on any atom is -0.469 e. The summed E-state index contributed by atoms with van der Waals surface area (Å²) in [6, 6.07) is 4.32. The molecule has 0 aliphatic rings. The van der Waals surface area contributed by atoms with Gasteiger partial charge in [0, 0.05) is 39.3 Å². The summed E-state index contributed by atoms with van der Waals surface area (Å²) in [7, 11) is 1.71. The van der Waals surface area contributed by atoms with E-state index in [9.17, 15) is 0 Å². The molecule has 0 saturated heterocycles. The van der Waals surface area contributed by atoms with Gasteiger partial charge >= 0.3 is 0 Å². The molecule has 0 aliphatic carbocycles. The average Bonchev–Trinajstić information content (AvgIpc) is 2.80. The lowest BCUT2D eigenvalue weighted by Crippen LogP contribution is -2.31. The summed E-state index contributed by atoms with van der Waals surface area (Å²) in [6.07, 6.45) is 3.58. The minimum absolute atomic E-state index is 0.406. The number of rotatable bonds is 10.